The van der Waals surface area contributed by atoms with Crippen molar-refractivity contribution >= 4 is 28.9 Å². The molecule has 5 atom stereocenters. The first-order chi connectivity index (χ1) is 19.1. The molecule has 1 aromatic heterocycles. The van der Waals surface area contributed by atoms with E-state index in [4.69, 9.17) is 38.5 Å². The van der Waals surface area contributed by atoms with Gasteiger partial charge in [-0.2, -0.15) is 5.21 Å². The molecule has 39 heavy (non-hydrogen) atoms. The number of oxime groups is 1. The normalized spacial score (nSPS) is 27.8. The molecule has 3 aliphatic carbocycles. The summed E-state index contributed by atoms with van der Waals surface area (Å²) in [6.07, 6.45) is 7.97. The third-order valence-corrected chi connectivity index (χ3v) is 8.91. The smallest absolute Gasteiger partial charge is 0.204 e. The summed E-state index contributed by atoms with van der Waals surface area (Å²) in [6.45, 7) is 0.429. The average Bonchev–Trinajstić information content (AvgIpc) is 3.84. The molecule has 1 aliphatic heterocycles. The summed E-state index contributed by atoms with van der Waals surface area (Å²) in [6, 6.07) is 14.4. The molecule has 3 aromatic rings. The highest BCUT2D eigenvalue weighted by atomic mass is 35.5. The van der Waals surface area contributed by atoms with Crippen LogP contribution in [0.3, 0.4) is 0 Å². The van der Waals surface area contributed by atoms with E-state index in [-0.39, 0.29) is 17.4 Å². The second kappa shape index (κ2) is 9.99. The van der Waals surface area contributed by atoms with E-state index in [1.54, 1.807) is 0 Å². The number of nitrogens with two attached hydrogens (primary N) is 1. The van der Waals surface area contributed by atoms with Crippen molar-refractivity contribution in [1.29, 1.82) is 0 Å². The lowest BCUT2D eigenvalue weighted by Gasteiger charge is -2.24. The number of nitrogens with one attached hydrogen (secondary N) is 1. The molecule has 3 N–H and O–H groups in total. The number of hydrogen-bond acceptors (Lipinski definition) is 7. The molecule has 5 unspecified atom stereocenters. The van der Waals surface area contributed by atoms with Crippen molar-refractivity contribution in [1.82, 2.24) is 20.6 Å². The minimum atomic E-state index is -0.215. The maximum atomic E-state index is 6.78. The number of alkyl halides is 1. The van der Waals surface area contributed by atoms with Gasteiger partial charge in [0.15, 0.2) is 0 Å². The van der Waals surface area contributed by atoms with Gasteiger partial charge < -0.3 is 15.3 Å². The Balaban J connectivity index is 1.03. The lowest BCUT2D eigenvalue weighted by molar-refractivity contribution is 0.0340. The van der Waals surface area contributed by atoms with E-state index in [9.17, 15) is 0 Å². The van der Waals surface area contributed by atoms with Gasteiger partial charge in [-0.1, -0.05) is 53.2 Å². The zero-order valence-corrected chi connectivity index (χ0v) is 22.6. The second-order valence-electron chi connectivity index (χ2n) is 10.8. The Kier molecular flexibility index (Phi) is 6.32. The molecule has 0 bridgehead atoms. The molecule has 2 saturated carbocycles. The molecule has 0 amide bonds. The third-order valence-electron chi connectivity index (χ3n) is 8.18. The highest BCUT2D eigenvalue weighted by Crippen LogP contribution is 2.56. The number of aromatic amines is 1. The number of halogens is 2. The van der Waals surface area contributed by atoms with Crippen LogP contribution in [-0.2, 0) is 4.84 Å². The SMILES string of the molecule is NC1=C(C2=NOC(C3CC3)C2COc2ccc(C3CC3c3ccc(-c4nn[nH]n4)cc3)c(Cl)c2)C(Cl)CC=C1. The van der Waals surface area contributed by atoms with Crippen molar-refractivity contribution in [3.63, 3.8) is 0 Å². The van der Waals surface area contributed by atoms with E-state index in [1.165, 1.54) is 5.56 Å². The third kappa shape index (κ3) is 4.80. The quantitative estimate of drug-likeness (QED) is 0.339. The van der Waals surface area contributed by atoms with Gasteiger partial charge in [-0.25, -0.2) is 0 Å². The number of nitrogens with zero attached hydrogens (tertiary/aromatic N) is 4. The fourth-order valence-corrected chi connectivity index (χ4v) is 6.49. The first-order valence-corrected chi connectivity index (χ1v) is 14.2. The summed E-state index contributed by atoms with van der Waals surface area (Å²) in [7, 11) is 0. The number of H-pyrrole nitrogens is 1. The van der Waals surface area contributed by atoms with Gasteiger partial charge in [0.05, 0.1) is 17.0 Å². The average molecular weight is 563 g/mol. The summed E-state index contributed by atoms with van der Waals surface area (Å²) < 4.78 is 6.30. The van der Waals surface area contributed by atoms with Crippen molar-refractivity contribution in [3.05, 3.63) is 82.0 Å². The van der Waals surface area contributed by atoms with E-state index in [0.29, 0.717) is 35.9 Å². The monoisotopic (exact) mass is 562 g/mol. The van der Waals surface area contributed by atoms with Crippen LogP contribution in [0.15, 0.2) is 71.0 Å². The van der Waals surface area contributed by atoms with Crippen LogP contribution in [-0.4, -0.2) is 44.4 Å². The fourth-order valence-electron chi connectivity index (χ4n) is 5.84. The van der Waals surface area contributed by atoms with Gasteiger partial charge >= 0.3 is 0 Å². The molecule has 2 heterocycles. The molecule has 4 aliphatic rings. The number of hydrogen-bond donors (Lipinski definition) is 2. The second-order valence-corrected chi connectivity index (χ2v) is 11.7. The van der Waals surface area contributed by atoms with Crippen LogP contribution < -0.4 is 10.5 Å². The molecule has 0 radical (unpaired) electrons. The maximum absolute atomic E-state index is 6.78. The number of allylic oxidation sites excluding steroid dienone is 3. The van der Waals surface area contributed by atoms with Crippen molar-refractivity contribution in [2.75, 3.05) is 6.61 Å². The van der Waals surface area contributed by atoms with Gasteiger partial charge in [0, 0.05) is 21.9 Å². The van der Waals surface area contributed by atoms with Crippen molar-refractivity contribution in [2.45, 2.75) is 49.0 Å². The van der Waals surface area contributed by atoms with E-state index in [1.807, 2.05) is 36.4 Å². The van der Waals surface area contributed by atoms with E-state index in [2.05, 4.69) is 44.0 Å². The fraction of sp³-hybridized carbons (Fsp3) is 0.379. The number of ether oxygens (including phenoxy) is 1. The highest BCUT2D eigenvalue weighted by Gasteiger charge is 2.47. The standard InChI is InChI=1S/C29H28Cl2N6O2/c30-23-2-1-3-25(32)26(23)27-22(28(39-35-27)16-6-7-16)14-38-18-10-11-19(24(31)12-18)21-13-20(21)15-4-8-17(9-5-15)29-33-36-37-34-29/h1,3-5,8-12,16,20-23,28H,2,6-7,13-14,32H2,(H,33,34,36,37). The Hall–Kier alpha value is -3.36. The van der Waals surface area contributed by atoms with Crippen LogP contribution in [0.1, 0.15) is 48.6 Å². The number of benzene rings is 2. The van der Waals surface area contributed by atoms with Crippen LogP contribution >= 0.6 is 23.2 Å². The minimum absolute atomic E-state index is 0.0106. The summed E-state index contributed by atoms with van der Waals surface area (Å²) >= 11 is 13.4. The molecule has 2 fully saturated rings. The van der Waals surface area contributed by atoms with E-state index in [0.717, 1.165) is 58.9 Å². The van der Waals surface area contributed by atoms with Gasteiger partial charge in [0.25, 0.3) is 0 Å². The molecule has 0 spiro atoms. The Morgan fingerprint density at radius 3 is 2.67 bits per heavy atom. The van der Waals surface area contributed by atoms with Crippen LogP contribution in [0, 0.1) is 11.8 Å². The molecular weight excluding hydrogens is 535 g/mol. The van der Waals surface area contributed by atoms with E-state index < -0.39 is 0 Å². The Morgan fingerprint density at radius 2 is 1.95 bits per heavy atom. The number of tetrazole rings is 1. The van der Waals surface area contributed by atoms with Gasteiger partial charge in [-0.15, -0.1) is 21.8 Å². The van der Waals surface area contributed by atoms with Gasteiger partial charge in [0.2, 0.25) is 5.82 Å². The zero-order chi connectivity index (χ0) is 26.5. The highest BCUT2D eigenvalue weighted by molar-refractivity contribution is 6.31. The summed E-state index contributed by atoms with van der Waals surface area (Å²) in [5.74, 6) is 2.62. The van der Waals surface area contributed by atoms with Gasteiger partial charge in [-0.3, -0.25) is 0 Å². The zero-order valence-electron chi connectivity index (χ0n) is 21.1. The molecule has 2 aromatic carbocycles. The van der Waals surface area contributed by atoms with Crippen LogP contribution in [0.4, 0.5) is 0 Å². The first kappa shape index (κ1) is 24.7. The molecule has 200 valence electrons. The van der Waals surface area contributed by atoms with Crippen molar-refractivity contribution in [2.24, 2.45) is 22.7 Å². The number of aromatic nitrogens is 4. The molecule has 0 saturated heterocycles. The molecule has 8 nitrogen and oxygen atoms in total. The molecular formula is C29H28Cl2N6O2. The first-order valence-electron chi connectivity index (χ1n) is 13.4. The Bertz CT molecular complexity index is 1470. The van der Waals surface area contributed by atoms with Crippen molar-refractivity contribution < 1.29 is 9.57 Å². The summed E-state index contributed by atoms with van der Waals surface area (Å²) in [4.78, 5) is 5.90. The van der Waals surface area contributed by atoms with Gasteiger partial charge in [-0.05, 0) is 78.0 Å². The van der Waals surface area contributed by atoms with Gasteiger partial charge in [0.1, 0.15) is 18.5 Å². The molecule has 7 rings (SSSR count). The predicted octanol–water partition coefficient (Wildman–Crippen LogP) is 5.73. The van der Waals surface area contributed by atoms with Crippen LogP contribution in [0.2, 0.25) is 5.02 Å². The van der Waals surface area contributed by atoms with E-state index >= 15 is 0 Å². The minimum Gasteiger partial charge on any atom is -0.493 e. The predicted molar refractivity (Wildman–Crippen MR) is 150 cm³/mol. The largest absolute Gasteiger partial charge is 0.493 e. The van der Waals surface area contributed by atoms with Crippen molar-refractivity contribution in [3.8, 4) is 17.1 Å². The van der Waals surface area contributed by atoms with Crippen LogP contribution in [0.5, 0.6) is 5.75 Å². The topological polar surface area (TPSA) is 111 Å². The lowest BCUT2D eigenvalue weighted by Crippen LogP contribution is -2.34. The maximum Gasteiger partial charge on any atom is 0.204 e. The number of rotatable bonds is 8. The van der Waals surface area contributed by atoms with Crippen LogP contribution in [0.25, 0.3) is 11.4 Å². The summed E-state index contributed by atoms with van der Waals surface area (Å²) in [5.41, 5.74) is 12.0. The lowest BCUT2D eigenvalue weighted by atomic mass is 9.86. The summed E-state index contributed by atoms with van der Waals surface area (Å²) in [5, 5.41) is 19.2. The molecule has 10 heteroatoms. The Morgan fingerprint density at radius 1 is 1.10 bits per heavy atom. The Labute approximate surface area is 236 Å².